The Morgan fingerprint density at radius 1 is 1.41 bits per heavy atom. The van der Waals surface area contributed by atoms with E-state index >= 15 is 0 Å². The molecule has 0 spiro atoms. The summed E-state index contributed by atoms with van der Waals surface area (Å²) in [5.74, 6) is 0. The summed E-state index contributed by atoms with van der Waals surface area (Å²) in [4.78, 5) is 10.0. The maximum atomic E-state index is 11.9. The van der Waals surface area contributed by atoms with Crippen LogP contribution in [0.25, 0.3) is 0 Å². The van der Waals surface area contributed by atoms with Gasteiger partial charge in [-0.05, 0) is 12.1 Å². The highest BCUT2D eigenvalue weighted by Gasteiger charge is 2.26. The molecular weight excluding hydrogens is 305 g/mol. The van der Waals surface area contributed by atoms with Gasteiger partial charge in [0.25, 0.3) is 5.69 Å². The van der Waals surface area contributed by atoms with E-state index in [0.29, 0.717) is 4.47 Å². The minimum absolute atomic E-state index is 0.202. The van der Waals surface area contributed by atoms with Crippen LogP contribution >= 0.6 is 15.9 Å². The molecular formula is C9H8BrF3N2O2. The van der Waals surface area contributed by atoms with Gasteiger partial charge in [0.05, 0.1) is 11.5 Å². The zero-order chi connectivity index (χ0) is 13.1. The predicted molar refractivity (Wildman–Crippen MR) is 58.6 cm³/mol. The van der Waals surface area contributed by atoms with E-state index in [0.717, 1.165) is 0 Å². The van der Waals surface area contributed by atoms with Gasteiger partial charge in [-0.3, -0.25) is 10.1 Å². The quantitative estimate of drug-likeness (QED) is 0.687. The van der Waals surface area contributed by atoms with E-state index in [1.165, 1.54) is 18.2 Å². The van der Waals surface area contributed by atoms with Crippen LogP contribution in [0.5, 0.6) is 0 Å². The molecule has 1 N–H and O–H groups in total. The first kappa shape index (κ1) is 13.9. The minimum atomic E-state index is -4.33. The molecule has 0 aliphatic carbocycles. The molecule has 0 aliphatic rings. The SMILES string of the molecule is O=[N+]([O-])c1ccc(Br)cc1CNCC(F)(F)F. The third-order valence-corrected chi connectivity index (χ3v) is 2.37. The summed E-state index contributed by atoms with van der Waals surface area (Å²) in [5.41, 5.74) is -0.00324. The molecule has 4 nitrogen and oxygen atoms in total. The summed E-state index contributed by atoms with van der Waals surface area (Å²) in [6, 6.07) is 4.13. The summed E-state index contributed by atoms with van der Waals surface area (Å²) < 4.78 is 36.2. The molecule has 17 heavy (non-hydrogen) atoms. The number of halogens is 4. The van der Waals surface area contributed by atoms with Crippen molar-refractivity contribution in [2.45, 2.75) is 12.7 Å². The van der Waals surface area contributed by atoms with Crippen LogP contribution in [0, 0.1) is 10.1 Å². The Morgan fingerprint density at radius 3 is 2.59 bits per heavy atom. The van der Waals surface area contributed by atoms with E-state index < -0.39 is 17.6 Å². The lowest BCUT2D eigenvalue weighted by molar-refractivity contribution is -0.385. The number of rotatable bonds is 4. The Balaban J connectivity index is 2.75. The van der Waals surface area contributed by atoms with Crippen LogP contribution in [0.4, 0.5) is 18.9 Å². The van der Waals surface area contributed by atoms with Crippen molar-refractivity contribution in [3.63, 3.8) is 0 Å². The third-order valence-electron chi connectivity index (χ3n) is 1.88. The van der Waals surface area contributed by atoms with E-state index in [-0.39, 0.29) is 17.8 Å². The van der Waals surface area contributed by atoms with E-state index in [9.17, 15) is 23.3 Å². The highest BCUT2D eigenvalue weighted by molar-refractivity contribution is 9.10. The van der Waals surface area contributed by atoms with E-state index in [2.05, 4.69) is 21.2 Å². The third kappa shape index (κ3) is 4.70. The summed E-state index contributed by atoms with van der Waals surface area (Å²) in [6.45, 7) is -1.40. The van der Waals surface area contributed by atoms with Crippen molar-refractivity contribution in [2.75, 3.05) is 6.54 Å². The number of nitro benzene ring substituents is 1. The molecule has 1 rings (SSSR count). The topological polar surface area (TPSA) is 55.2 Å². The van der Waals surface area contributed by atoms with Crippen LogP contribution in [-0.4, -0.2) is 17.6 Å². The lowest BCUT2D eigenvalue weighted by atomic mass is 10.2. The van der Waals surface area contributed by atoms with Gasteiger partial charge in [-0.1, -0.05) is 15.9 Å². The van der Waals surface area contributed by atoms with Crippen LogP contribution in [0.15, 0.2) is 22.7 Å². The predicted octanol–water partition coefficient (Wildman–Crippen LogP) is 3.01. The van der Waals surface area contributed by atoms with Crippen LogP contribution in [0.1, 0.15) is 5.56 Å². The standard InChI is InChI=1S/C9H8BrF3N2O2/c10-7-1-2-8(15(16)17)6(3-7)4-14-5-9(11,12)13/h1-3,14H,4-5H2. The van der Waals surface area contributed by atoms with Crippen LogP contribution in [0.3, 0.4) is 0 Å². The summed E-state index contributed by atoms with van der Waals surface area (Å²) in [5, 5.41) is 12.7. The average Bonchev–Trinajstić information content (AvgIpc) is 2.15. The maximum absolute atomic E-state index is 11.9. The van der Waals surface area contributed by atoms with Gasteiger partial charge >= 0.3 is 6.18 Å². The fourth-order valence-electron chi connectivity index (χ4n) is 1.21. The fourth-order valence-corrected chi connectivity index (χ4v) is 1.62. The van der Waals surface area contributed by atoms with Crippen molar-refractivity contribution in [3.05, 3.63) is 38.3 Å². The van der Waals surface area contributed by atoms with Gasteiger partial charge in [0.1, 0.15) is 0 Å². The van der Waals surface area contributed by atoms with E-state index in [1.807, 2.05) is 0 Å². The fraction of sp³-hybridized carbons (Fsp3) is 0.333. The normalized spacial score (nSPS) is 11.5. The summed E-state index contributed by atoms with van der Waals surface area (Å²) in [6.07, 6.45) is -4.33. The number of hydrogen-bond acceptors (Lipinski definition) is 3. The molecule has 1 aromatic carbocycles. The first-order valence-electron chi connectivity index (χ1n) is 4.50. The van der Waals surface area contributed by atoms with Gasteiger partial charge in [0, 0.05) is 22.6 Å². The summed E-state index contributed by atoms with van der Waals surface area (Å²) in [7, 11) is 0. The van der Waals surface area contributed by atoms with Crippen molar-refractivity contribution >= 4 is 21.6 Å². The van der Waals surface area contributed by atoms with Crippen LogP contribution < -0.4 is 5.32 Å². The molecule has 0 atom stereocenters. The molecule has 0 fully saturated rings. The molecule has 0 bridgehead atoms. The molecule has 94 valence electrons. The molecule has 0 saturated carbocycles. The molecule has 0 amide bonds. The van der Waals surface area contributed by atoms with Crippen molar-refractivity contribution in [2.24, 2.45) is 0 Å². The lowest BCUT2D eigenvalue weighted by Crippen LogP contribution is -2.28. The van der Waals surface area contributed by atoms with E-state index in [1.54, 1.807) is 0 Å². The second-order valence-electron chi connectivity index (χ2n) is 3.25. The van der Waals surface area contributed by atoms with Gasteiger partial charge in [0.2, 0.25) is 0 Å². The molecule has 0 heterocycles. The second kappa shape index (κ2) is 5.46. The monoisotopic (exact) mass is 312 g/mol. The van der Waals surface area contributed by atoms with Crippen LogP contribution in [-0.2, 0) is 6.54 Å². The second-order valence-corrected chi connectivity index (χ2v) is 4.16. The number of hydrogen-bond donors (Lipinski definition) is 1. The minimum Gasteiger partial charge on any atom is -0.304 e. The van der Waals surface area contributed by atoms with Gasteiger partial charge in [0.15, 0.2) is 0 Å². The molecule has 8 heteroatoms. The Kier molecular flexibility index (Phi) is 4.47. The van der Waals surface area contributed by atoms with Crippen molar-refractivity contribution in [1.82, 2.24) is 5.32 Å². The molecule has 0 radical (unpaired) electrons. The Bertz CT molecular complexity index is 423. The number of nitrogens with zero attached hydrogens (tertiary/aromatic N) is 1. The number of benzene rings is 1. The van der Waals surface area contributed by atoms with Gasteiger partial charge in [-0.25, -0.2) is 0 Å². The first-order valence-corrected chi connectivity index (χ1v) is 5.29. The van der Waals surface area contributed by atoms with Crippen molar-refractivity contribution < 1.29 is 18.1 Å². The highest BCUT2D eigenvalue weighted by atomic mass is 79.9. The molecule has 0 aliphatic heterocycles. The van der Waals surface area contributed by atoms with Gasteiger partial charge in [-0.2, -0.15) is 13.2 Å². The van der Waals surface area contributed by atoms with Crippen LogP contribution in [0.2, 0.25) is 0 Å². The zero-order valence-electron chi connectivity index (χ0n) is 8.42. The van der Waals surface area contributed by atoms with Gasteiger partial charge < -0.3 is 5.32 Å². The molecule has 0 unspecified atom stereocenters. The average molecular weight is 313 g/mol. The molecule has 1 aromatic rings. The zero-order valence-corrected chi connectivity index (χ0v) is 10.0. The molecule has 0 saturated heterocycles. The largest absolute Gasteiger partial charge is 0.401 e. The lowest BCUT2D eigenvalue weighted by Gasteiger charge is -2.08. The smallest absolute Gasteiger partial charge is 0.304 e. The Hall–Kier alpha value is -1.15. The van der Waals surface area contributed by atoms with Crippen molar-refractivity contribution in [3.8, 4) is 0 Å². The van der Waals surface area contributed by atoms with Crippen molar-refractivity contribution in [1.29, 1.82) is 0 Å². The number of alkyl halides is 3. The first-order chi connectivity index (χ1) is 7.79. The highest BCUT2D eigenvalue weighted by Crippen LogP contribution is 2.23. The molecule has 0 aromatic heterocycles. The number of nitrogens with one attached hydrogen (secondary N) is 1. The van der Waals surface area contributed by atoms with Gasteiger partial charge in [-0.15, -0.1) is 0 Å². The maximum Gasteiger partial charge on any atom is 0.401 e. The number of nitro groups is 1. The Morgan fingerprint density at radius 2 is 2.06 bits per heavy atom. The van der Waals surface area contributed by atoms with E-state index in [4.69, 9.17) is 0 Å². The summed E-state index contributed by atoms with van der Waals surface area (Å²) >= 11 is 3.10. The Labute approximate surface area is 103 Å².